The Morgan fingerprint density at radius 2 is 1.95 bits per heavy atom. The van der Waals surface area contributed by atoms with Crippen LogP contribution in [0.15, 0.2) is 47.1 Å². The number of aliphatic hydroxyl groups is 1. The molecule has 2 rings (SSSR count). The topological polar surface area (TPSA) is 62.5 Å². The first-order chi connectivity index (χ1) is 9.33. The predicted octanol–water partition coefficient (Wildman–Crippen LogP) is 2.45. The summed E-state index contributed by atoms with van der Waals surface area (Å²) >= 11 is 0. The van der Waals surface area contributed by atoms with Crippen LogP contribution in [0.3, 0.4) is 0 Å². The Balaban J connectivity index is 2.05. The number of hydrogen-bond acceptors (Lipinski definition) is 3. The third kappa shape index (κ3) is 3.45. The Hall–Kier alpha value is -2.07. The molecule has 0 saturated carbocycles. The van der Waals surface area contributed by atoms with Crippen LogP contribution < -0.4 is 5.32 Å². The quantitative estimate of drug-likeness (QED) is 0.783. The standard InChI is InChI=1S/C15H17NO3/c17-10-5-4-9-16-15(18)14-13(8-11-19-14)12-6-2-1-3-7-12/h1-3,6-8,11,17H,4-5,9-10H2,(H,16,18). The van der Waals surface area contributed by atoms with Crippen molar-refractivity contribution in [3.63, 3.8) is 0 Å². The lowest BCUT2D eigenvalue weighted by atomic mass is 10.1. The van der Waals surface area contributed by atoms with Gasteiger partial charge in [0.25, 0.3) is 5.91 Å². The second-order valence-corrected chi connectivity index (χ2v) is 4.22. The van der Waals surface area contributed by atoms with Gasteiger partial charge in [-0.2, -0.15) is 0 Å². The molecule has 1 heterocycles. The van der Waals surface area contributed by atoms with Gasteiger partial charge in [0.2, 0.25) is 0 Å². The maximum absolute atomic E-state index is 12.0. The molecule has 0 aliphatic heterocycles. The molecule has 0 unspecified atom stereocenters. The summed E-state index contributed by atoms with van der Waals surface area (Å²) in [5, 5.41) is 11.5. The molecular formula is C15H17NO3. The lowest BCUT2D eigenvalue weighted by Crippen LogP contribution is -2.24. The van der Waals surface area contributed by atoms with Crippen LogP contribution in [-0.2, 0) is 0 Å². The third-order valence-electron chi connectivity index (χ3n) is 2.83. The van der Waals surface area contributed by atoms with Gasteiger partial charge in [0, 0.05) is 18.7 Å². The van der Waals surface area contributed by atoms with Crippen LogP contribution in [0.4, 0.5) is 0 Å². The molecule has 1 amide bonds. The summed E-state index contributed by atoms with van der Waals surface area (Å²) in [7, 11) is 0. The number of rotatable bonds is 6. The fourth-order valence-corrected chi connectivity index (χ4v) is 1.85. The van der Waals surface area contributed by atoms with Crippen LogP contribution >= 0.6 is 0 Å². The van der Waals surface area contributed by atoms with E-state index in [1.165, 1.54) is 6.26 Å². The molecule has 0 fully saturated rings. The van der Waals surface area contributed by atoms with Crippen molar-refractivity contribution in [1.29, 1.82) is 0 Å². The van der Waals surface area contributed by atoms with Crippen LogP contribution in [0.25, 0.3) is 11.1 Å². The van der Waals surface area contributed by atoms with E-state index in [2.05, 4.69) is 5.32 Å². The summed E-state index contributed by atoms with van der Waals surface area (Å²) in [6.45, 7) is 0.681. The zero-order valence-corrected chi connectivity index (χ0v) is 10.6. The molecule has 0 atom stereocenters. The fourth-order valence-electron chi connectivity index (χ4n) is 1.85. The molecule has 0 saturated heterocycles. The number of hydrogen-bond donors (Lipinski definition) is 2. The maximum Gasteiger partial charge on any atom is 0.287 e. The van der Waals surface area contributed by atoms with Crippen LogP contribution in [0, 0.1) is 0 Å². The molecule has 0 radical (unpaired) electrons. The van der Waals surface area contributed by atoms with E-state index in [0.717, 1.165) is 17.5 Å². The Kier molecular flexibility index (Phi) is 4.75. The van der Waals surface area contributed by atoms with Crippen molar-refractivity contribution in [2.45, 2.75) is 12.8 Å². The summed E-state index contributed by atoms with van der Waals surface area (Å²) in [6, 6.07) is 11.4. The zero-order valence-electron chi connectivity index (χ0n) is 10.6. The highest BCUT2D eigenvalue weighted by atomic mass is 16.3. The zero-order chi connectivity index (χ0) is 13.5. The van der Waals surface area contributed by atoms with Gasteiger partial charge < -0.3 is 14.8 Å². The van der Waals surface area contributed by atoms with Gasteiger partial charge >= 0.3 is 0 Å². The molecule has 2 aromatic rings. The molecule has 0 spiro atoms. The van der Waals surface area contributed by atoms with Crippen molar-refractivity contribution in [3.05, 3.63) is 48.4 Å². The number of unbranched alkanes of at least 4 members (excludes halogenated alkanes) is 1. The summed E-state index contributed by atoms with van der Waals surface area (Å²) in [4.78, 5) is 12.0. The number of aliphatic hydroxyl groups excluding tert-OH is 1. The smallest absolute Gasteiger partial charge is 0.287 e. The minimum absolute atomic E-state index is 0.145. The van der Waals surface area contributed by atoms with Gasteiger partial charge in [-0.15, -0.1) is 0 Å². The van der Waals surface area contributed by atoms with E-state index in [0.29, 0.717) is 18.7 Å². The molecule has 100 valence electrons. The molecule has 2 N–H and O–H groups in total. The third-order valence-corrected chi connectivity index (χ3v) is 2.83. The van der Waals surface area contributed by atoms with Crippen molar-refractivity contribution in [3.8, 4) is 11.1 Å². The predicted molar refractivity (Wildman–Crippen MR) is 72.8 cm³/mol. The highest BCUT2D eigenvalue weighted by Crippen LogP contribution is 2.24. The molecular weight excluding hydrogens is 242 g/mol. The van der Waals surface area contributed by atoms with Crippen molar-refractivity contribution >= 4 is 5.91 Å². The molecule has 0 aliphatic carbocycles. The van der Waals surface area contributed by atoms with Gasteiger partial charge in [-0.25, -0.2) is 0 Å². The Labute approximate surface area is 112 Å². The second-order valence-electron chi connectivity index (χ2n) is 4.22. The van der Waals surface area contributed by atoms with E-state index >= 15 is 0 Å². The molecule has 4 nitrogen and oxygen atoms in total. The number of amides is 1. The summed E-state index contributed by atoms with van der Waals surface area (Å²) in [5.41, 5.74) is 1.75. The number of benzene rings is 1. The van der Waals surface area contributed by atoms with Crippen LogP contribution in [0.2, 0.25) is 0 Å². The molecule has 1 aromatic heterocycles. The number of nitrogens with one attached hydrogen (secondary N) is 1. The lowest BCUT2D eigenvalue weighted by molar-refractivity contribution is 0.0925. The minimum Gasteiger partial charge on any atom is -0.459 e. The molecule has 19 heavy (non-hydrogen) atoms. The molecule has 0 bridgehead atoms. The number of furan rings is 1. The van der Waals surface area contributed by atoms with Gasteiger partial charge in [-0.05, 0) is 24.5 Å². The maximum atomic E-state index is 12.0. The van der Waals surface area contributed by atoms with Crippen molar-refractivity contribution in [2.75, 3.05) is 13.2 Å². The van der Waals surface area contributed by atoms with Gasteiger partial charge in [0.15, 0.2) is 5.76 Å². The molecule has 4 heteroatoms. The van der Waals surface area contributed by atoms with E-state index in [4.69, 9.17) is 9.52 Å². The summed E-state index contributed by atoms with van der Waals surface area (Å²) in [5.74, 6) is 0.108. The first-order valence-electron chi connectivity index (χ1n) is 6.35. The fraction of sp³-hybridized carbons (Fsp3) is 0.267. The van der Waals surface area contributed by atoms with Crippen LogP contribution in [0.5, 0.6) is 0 Å². The normalized spacial score (nSPS) is 10.4. The minimum atomic E-state index is -0.221. The average Bonchev–Trinajstić information content (AvgIpc) is 2.94. The van der Waals surface area contributed by atoms with Crippen LogP contribution in [-0.4, -0.2) is 24.2 Å². The van der Waals surface area contributed by atoms with E-state index in [-0.39, 0.29) is 12.5 Å². The molecule has 0 aliphatic rings. The van der Waals surface area contributed by atoms with E-state index in [1.54, 1.807) is 6.07 Å². The average molecular weight is 259 g/mol. The Bertz CT molecular complexity index is 519. The second kappa shape index (κ2) is 6.75. The Morgan fingerprint density at radius 3 is 2.68 bits per heavy atom. The highest BCUT2D eigenvalue weighted by molar-refractivity contribution is 5.98. The van der Waals surface area contributed by atoms with E-state index in [1.807, 2.05) is 30.3 Å². The van der Waals surface area contributed by atoms with Gasteiger partial charge in [0.1, 0.15) is 0 Å². The lowest BCUT2D eigenvalue weighted by Gasteiger charge is -2.04. The van der Waals surface area contributed by atoms with E-state index in [9.17, 15) is 4.79 Å². The van der Waals surface area contributed by atoms with E-state index < -0.39 is 0 Å². The summed E-state index contributed by atoms with van der Waals surface area (Å²) in [6.07, 6.45) is 2.96. The number of carbonyl (C=O) groups excluding carboxylic acids is 1. The highest BCUT2D eigenvalue weighted by Gasteiger charge is 2.15. The van der Waals surface area contributed by atoms with Gasteiger partial charge in [-0.1, -0.05) is 30.3 Å². The van der Waals surface area contributed by atoms with Gasteiger partial charge in [0.05, 0.1) is 6.26 Å². The van der Waals surface area contributed by atoms with Gasteiger partial charge in [-0.3, -0.25) is 4.79 Å². The number of carbonyl (C=O) groups is 1. The summed E-state index contributed by atoms with van der Waals surface area (Å²) < 4.78 is 5.28. The Morgan fingerprint density at radius 1 is 1.16 bits per heavy atom. The van der Waals surface area contributed by atoms with Crippen molar-refractivity contribution in [1.82, 2.24) is 5.32 Å². The first-order valence-corrected chi connectivity index (χ1v) is 6.35. The first kappa shape index (κ1) is 13.4. The molecule has 1 aromatic carbocycles. The van der Waals surface area contributed by atoms with Crippen molar-refractivity contribution < 1.29 is 14.3 Å². The van der Waals surface area contributed by atoms with Crippen LogP contribution in [0.1, 0.15) is 23.4 Å². The largest absolute Gasteiger partial charge is 0.459 e. The monoisotopic (exact) mass is 259 g/mol. The van der Waals surface area contributed by atoms with Crippen molar-refractivity contribution in [2.24, 2.45) is 0 Å². The SMILES string of the molecule is O=C(NCCCCO)c1occc1-c1ccccc1.